The van der Waals surface area contributed by atoms with Crippen LogP contribution in [0.3, 0.4) is 0 Å². The summed E-state index contributed by atoms with van der Waals surface area (Å²) in [7, 11) is 2.07. The fourth-order valence-electron chi connectivity index (χ4n) is 3.72. The molecule has 2 aliphatic rings. The summed E-state index contributed by atoms with van der Waals surface area (Å²) in [6.07, 6.45) is 7.07. The molecule has 1 aromatic carbocycles. The van der Waals surface area contributed by atoms with E-state index in [0.717, 1.165) is 32.6 Å². The summed E-state index contributed by atoms with van der Waals surface area (Å²) >= 11 is 0. The predicted octanol–water partition coefficient (Wildman–Crippen LogP) is 3.85. The van der Waals surface area contributed by atoms with Gasteiger partial charge in [0.1, 0.15) is 12.5 Å². The minimum absolute atomic E-state index is 0.581. The minimum atomic E-state index is 0.581. The molecule has 1 aromatic rings. The number of likely N-dealkylation sites (N-methyl/N-ethyl adjacent to an activating group) is 1. The molecule has 0 radical (unpaired) electrons. The van der Waals surface area contributed by atoms with E-state index in [4.69, 9.17) is 4.99 Å². The Kier molecular flexibility index (Phi) is 5.79. The summed E-state index contributed by atoms with van der Waals surface area (Å²) < 4.78 is 0. The second-order valence-electron chi connectivity index (χ2n) is 7.31. The van der Waals surface area contributed by atoms with Crippen molar-refractivity contribution in [2.45, 2.75) is 52.5 Å². The average molecular weight is 341 g/mol. The van der Waals surface area contributed by atoms with Crippen molar-refractivity contribution in [2.24, 2.45) is 4.99 Å². The summed E-state index contributed by atoms with van der Waals surface area (Å²) in [5, 5.41) is 3.43. The topological polar surface area (TPSA) is 30.9 Å². The van der Waals surface area contributed by atoms with Crippen molar-refractivity contribution in [3.63, 3.8) is 0 Å². The lowest BCUT2D eigenvalue weighted by Gasteiger charge is -2.37. The molecule has 1 N–H and O–H groups in total. The number of hydrogen-bond acceptors (Lipinski definition) is 4. The van der Waals surface area contributed by atoms with Gasteiger partial charge in [0.25, 0.3) is 0 Å². The summed E-state index contributed by atoms with van der Waals surface area (Å²) in [5.74, 6) is 1.17. The van der Waals surface area contributed by atoms with Gasteiger partial charge in [-0.05, 0) is 69.5 Å². The van der Waals surface area contributed by atoms with Crippen molar-refractivity contribution in [3.05, 3.63) is 41.1 Å². The van der Waals surface area contributed by atoms with Crippen molar-refractivity contribution >= 4 is 11.5 Å². The van der Waals surface area contributed by atoms with Gasteiger partial charge < -0.3 is 15.1 Å². The number of benzene rings is 1. The fraction of sp³-hybridized carbons (Fsp3) is 0.571. The monoisotopic (exact) mass is 340 g/mol. The van der Waals surface area contributed by atoms with Gasteiger partial charge in [-0.3, -0.25) is 0 Å². The highest BCUT2D eigenvalue weighted by molar-refractivity contribution is 5.95. The van der Waals surface area contributed by atoms with Crippen LogP contribution in [-0.4, -0.2) is 43.6 Å². The van der Waals surface area contributed by atoms with Crippen LogP contribution in [0.4, 0.5) is 5.69 Å². The van der Waals surface area contributed by atoms with E-state index in [1.807, 2.05) is 0 Å². The van der Waals surface area contributed by atoms with Gasteiger partial charge in [-0.25, -0.2) is 4.99 Å². The normalized spacial score (nSPS) is 21.2. The van der Waals surface area contributed by atoms with Gasteiger partial charge >= 0.3 is 0 Å². The van der Waals surface area contributed by atoms with E-state index in [1.165, 1.54) is 41.2 Å². The molecule has 136 valence electrons. The minimum Gasteiger partial charge on any atom is -0.355 e. The predicted molar refractivity (Wildman–Crippen MR) is 107 cm³/mol. The number of likely N-dealkylation sites (tertiary alicyclic amines) is 1. The Bertz CT molecular complexity index is 662. The average Bonchev–Trinajstić information content (AvgIpc) is 2.64. The van der Waals surface area contributed by atoms with Gasteiger partial charge in [-0.1, -0.05) is 19.4 Å². The van der Waals surface area contributed by atoms with Crippen molar-refractivity contribution < 1.29 is 0 Å². The first kappa shape index (κ1) is 18.0. The van der Waals surface area contributed by atoms with Gasteiger partial charge in [0.05, 0.1) is 0 Å². The van der Waals surface area contributed by atoms with Crippen LogP contribution >= 0.6 is 0 Å². The number of rotatable bonds is 4. The highest BCUT2D eigenvalue weighted by Gasteiger charge is 2.24. The molecule has 0 amide bonds. The number of nitrogens with one attached hydrogen (secondary N) is 1. The molecule has 1 atom stereocenters. The first-order valence-electron chi connectivity index (χ1n) is 9.64. The Morgan fingerprint density at radius 3 is 2.80 bits per heavy atom. The van der Waals surface area contributed by atoms with Crippen molar-refractivity contribution in [1.29, 1.82) is 0 Å². The molecule has 2 aliphatic heterocycles. The van der Waals surface area contributed by atoms with E-state index >= 15 is 0 Å². The molecule has 0 spiro atoms. The highest BCUT2D eigenvalue weighted by atomic mass is 15.3. The number of hydrogen-bond donors (Lipinski definition) is 1. The maximum absolute atomic E-state index is 4.93. The van der Waals surface area contributed by atoms with Gasteiger partial charge in [0.15, 0.2) is 0 Å². The number of allylic oxidation sites excluding steroid dienone is 1. The quantitative estimate of drug-likeness (QED) is 0.903. The number of nitrogens with zero attached hydrogens (tertiary/aromatic N) is 3. The third-order valence-electron chi connectivity index (χ3n) is 5.48. The molecule has 0 unspecified atom stereocenters. The van der Waals surface area contributed by atoms with E-state index < -0.39 is 0 Å². The Morgan fingerprint density at radius 1 is 1.24 bits per heavy atom. The van der Waals surface area contributed by atoms with E-state index in [1.54, 1.807) is 0 Å². The van der Waals surface area contributed by atoms with Crippen molar-refractivity contribution in [1.82, 2.24) is 10.2 Å². The Hall–Kier alpha value is -1.81. The van der Waals surface area contributed by atoms with Crippen LogP contribution in [0.1, 0.15) is 43.7 Å². The first-order valence-corrected chi connectivity index (χ1v) is 9.64. The lowest BCUT2D eigenvalue weighted by molar-refractivity contribution is 0.285. The zero-order valence-electron chi connectivity index (χ0n) is 16.2. The summed E-state index contributed by atoms with van der Waals surface area (Å²) in [5.41, 5.74) is 5.34. The lowest BCUT2D eigenvalue weighted by Crippen LogP contribution is -2.47. The number of piperidine rings is 1. The smallest absolute Gasteiger partial charge is 0.127 e. The number of aryl methyl sites for hydroxylation is 2. The second-order valence-corrected chi connectivity index (χ2v) is 7.31. The van der Waals surface area contributed by atoms with Gasteiger partial charge in [0, 0.05) is 30.5 Å². The van der Waals surface area contributed by atoms with Crippen LogP contribution in [0.15, 0.2) is 35.0 Å². The number of amidine groups is 1. The van der Waals surface area contributed by atoms with E-state index in [9.17, 15) is 0 Å². The molecule has 1 fully saturated rings. The van der Waals surface area contributed by atoms with Crippen LogP contribution in [0.2, 0.25) is 0 Å². The van der Waals surface area contributed by atoms with Crippen LogP contribution in [0, 0.1) is 13.8 Å². The maximum Gasteiger partial charge on any atom is 0.127 e. The van der Waals surface area contributed by atoms with Crippen LogP contribution in [-0.2, 0) is 0 Å². The molecular formula is C21H32N4. The Balaban J connectivity index is 1.81. The summed E-state index contributed by atoms with van der Waals surface area (Å²) in [6, 6.07) is 7.31. The molecule has 25 heavy (non-hydrogen) atoms. The van der Waals surface area contributed by atoms with Gasteiger partial charge in [0.2, 0.25) is 0 Å². The van der Waals surface area contributed by atoms with Crippen molar-refractivity contribution in [3.8, 4) is 0 Å². The molecule has 3 rings (SSSR count). The van der Waals surface area contributed by atoms with Gasteiger partial charge in [-0.2, -0.15) is 0 Å². The standard InChI is InChI=1S/C21H32N4/c1-5-7-19-13-21(24-11-6-8-18(14-24)22-4)23-15-25(19)20-10-9-16(2)17(3)12-20/h9-10,12-13,18,22H,5-8,11,14-15H2,1-4H3/t18-/m1/s1. The maximum atomic E-state index is 4.93. The Labute approximate surface area is 152 Å². The molecule has 2 heterocycles. The van der Waals surface area contributed by atoms with Crippen molar-refractivity contribution in [2.75, 3.05) is 31.7 Å². The van der Waals surface area contributed by atoms with E-state index in [-0.39, 0.29) is 0 Å². The summed E-state index contributed by atoms with van der Waals surface area (Å²) in [4.78, 5) is 9.76. The van der Waals surface area contributed by atoms with E-state index in [2.05, 4.69) is 67.2 Å². The summed E-state index contributed by atoms with van der Waals surface area (Å²) in [6.45, 7) is 9.52. The molecule has 0 saturated carbocycles. The first-order chi connectivity index (χ1) is 12.1. The lowest BCUT2D eigenvalue weighted by atomic mass is 10.0. The molecule has 0 aliphatic carbocycles. The molecule has 0 bridgehead atoms. The molecule has 4 heteroatoms. The third kappa shape index (κ3) is 4.06. The van der Waals surface area contributed by atoms with Crippen LogP contribution < -0.4 is 10.2 Å². The van der Waals surface area contributed by atoms with Crippen LogP contribution in [0.25, 0.3) is 0 Å². The largest absolute Gasteiger partial charge is 0.355 e. The zero-order chi connectivity index (χ0) is 17.8. The number of aliphatic imine (C=N–C) groups is 1. The molecule has 1 saturated heterocycles. The highest BCUT2D eigenvalue weighted by Crippen LogP contribution is 2.27. The molecule has 4 nitrogen and oxygen atoms in total. The zero-order valence-corrected chi connectivity index (χ0v) is 16.2. The second kappa shape index (κ2) is 8.05. The van der Waals surface area contributed by atoms with Gasteiger partial charge in [-0.15, -0.1) is 0 Å². The van der Waals surface area contributed by atoms with E-state index in [0.29, 0.717) is 6.04 Å². The number of anilines is 1. The molecular weight excluding hydrogens is 308 g/mol. The fourth-order valence-corrected chi connectivity index (χ4v) is 3.72. The Morgan fingerprint density at radius 2 is 2.08 bits per heavy atom. The SMILES string of the molecule is CCCC1=CC(N2CCC[C@@H](NC)C2)=NCN1c1ccc(C)c(C)c1. The van der Waals surface area contributed by atoms with Crippen LogP contribution in [0.5, 0.6) is 0 Å². The molecule has 0 aromatic heterocycles. The third-order valence-corrected chi connectivity index (χ3v) is 5.48.